The highest BCUT2D eigenvalue weighted by Gasteiger charge is 2.53. The quantitative estimate of drug-likeness (QED) is 0.745. The molecule has 0 bridgehead atoms. The molecule has 1 spiro atoms. The highest BCUT2D eigenvalue weighted by molar-refractivity contribution is 7.89. The lowest BCUT2D eigenvalue weighted by atomic mass is 9.67. The molecule has 1 aromatic heterocycles. The van der Waals surface area contributed by atoms with Gasteiger partial charge in [0.05, 0.1) is 5.92 Å². The van der Waals surface area contributed by atoms with Gasteiger partial charge in [-0.2, -0.15) is 4.31 Å². The van der Waals surface area contributed by atoms with Crippen LogP contribution in [0, 0.1) is 11.3 Å². The van der Waals surface area contributed by atoms with Gasteiger partial charge in [0.15, 0.2) is 0 Å². The maximum atomic E-state index is 13.2. The molecular weight excluding hydrogens is 362 g/mol. The lowest BCUT2D eigenvalue weighted by Gasteiger charge is -2.38. The summed E-state index contributed by atoms with van der Waals surface area (Å²) in [5.41, 5.74) is -0.217. The molecule has 1 saturated carbocycles. The Labute approximate surface area is 163 Å². The summed E-state index contributed by atoms with van der Waals surface area (Å²) in [4.78, 5) is 19.2. The Kier molecular flexibility index (Phi) is 6.21. The number of carbonyl (C=O) groups is 1. The molecule has 0 unspecified atom stereocenters. The summed E-state index contributed by atoms with van der Waals surface area (Å²) >= 11 is 0. The average molecular weight is 394 g/mol. The van der Waals surface area contributed by atoms with Gasteiger partial charge in [-0.1, -0.05) is 32.6 Å². The summed E-state index contributed by atoms with van der Waals surface area (Å²) in [5, 5.41) is 0. The van der Waals surface area contributed by atoms with Crippen molar-refractivity contribution in [3.63, 3.8) is 0 Å². The van der Waals surface area contributed by atoms with Crippen molar-refractivity contribution in [3.05, 3.63) is 24.5 Å². The first-order chi connectivity index (χ1) is 12.9. The number of rotatable bonds is 6. The number of hydrogen-bond donors (Lipinski definition) is 0. The van der Waals surface area contributed by atoms with E-state index in [9.17, 15) is 13.2 Å². The lowest BCUT2D eigenvalue weighted by molar-refractivity contribution is -0.137. The van der Waals surface area contributed by atoms with E-state index in [0.717, 1.165) is 45.1 Å². The van der Waals surface area contributed by atoms with Crippen molar-refractivity contribution in [2.75, 3.05) is 26.7 Å². The fourth-order valence-electron chi connectivity index (χ4n) is 4.63. The number of amides is 1. The van der Waals surface area contributed by atoms with Gasteiger partial charge in [-0.05, 0) is 36.8 Å². The number of hydrogen-bond acceptors (Lipinski definition) is 4. The number of sulfonamides is 1. The predicted molar refractivity (Wildman–Crippen MR) is 105 cm³/mol. The van der Waals surface area contributed by atoms with Crippen molar-refractivity contribution in [2.24, 2.45) is 11.3 Å². The lowest BCUT2D eigenvalue weighted by Crippen LogP contribution is -2.43. The van der Waals surface area contributed by atoms with E-state index < -0.39 is 10.0 Å². The number of carbonyl (C=O) groups excluding carboxylic acids is 1. The molecule has 1 amide bonds. The molecule has 2 fully saturated rings. The third kappa shape index (κ3) is 4.04. The van der Waals surface area contributed by atoms with Gasteiger partial charge in [0, 0.05) is 39.1 Å². The Morgan fingerprint density at radius 1 is 1.33 bits per heavy atom. The van der Waals surface area contributed by atoms with E-state index in [4.69, 9.17) is 0 Å². The van der Waals surface area contributed by atoms with E-state index in [0.29, 0.717) is 6.54 Å². The molecule has 0 radical (unpaired) electrons. The molecule has 2 heterocycles. The van der Waals surface area contributed by atoms with Crippen molar-refractivity contribution in [1.82, 2.24) is 14.2 Å². The Hall–Kier alpha value is -1.47. The van der Waals surface area contributed by atoms with Gasteiger partial charge in [0.25, 0.3) is 0 Å². The van der Waals surface area contributed by atoms with Crippen molar-refractivity contribution in [3.8, 4) is 0 Å². The molecule has 2 aliphatic rings. The van der Waals surface area contributed by atoms with Crippen LogP contribution >= 0.6 is 0 Å². The predicted octanol–water partition coefficient (Wildman–Crippen LogP) is 2.91. The zero-order valence-electron chi connectivity index (χ0n) is 16.4. The van der Waals surface area contributed by atoms with Crippen LogP contribution < -0.4 is 0 Å². The summed E-state index contributed by atoms with van der Waals surface area (Å²) in [6, 6.07) is 3.22. The number of pyridine rings is 1. The second kappa shape index (κ2) is 8.27. The van der Waals surface area contributed by atoms with E-state index in [1.807, 2.05) is 11.9 Å². The van der Waals surface area contributed by atoms with E-state index >= 15 is 0 Å². The molecule has 1 saturated heterocycles. The fraction of sp³-hybridized carbons (Fsp3) is 0.700. The SMILES string of the molecule is CCCCN(C)C(=O)[C@H]1CN(S(=O)(=O)c2cccnc2)CC12CCCCC2. The van der Waals surface area contributed by atoms with Crippen LogP contribution in [0.5, 0.6) is 0 Å². The summed E-state index contributed by atoms with van der Waals surface area (Å²) in [5.74, 6) is -0.139. The van der Waals surface area contributed by atoms with Gasteiger partial charge >= 0.3 is 0 Å². The summed E-state index contributed by atoms with van der Waals surface area (Å²) in [6.45, 7) is 3.57. The van der Waals surface area contributed by atoms with Gasteiger partial charge in [-0.3, -0.25) is 9.78 Å². The normalized spacial score (nSPS) is 22.8. The molecule has 27 heavy (non-hydrogen) atoms. The van der Waals surface area contributed by atoms with Crippen LogP contribution in [0.2, 0.25) is 0 Å². The monoisotopic (exact) mass is 393 g/mol. The Bertz CT molecular complexity index is 745. The number of aromatic nitrogens is 1. The summed E-state index contributed by atoms with van der Waals surface area (Å²) in [7, 11) is -1.77. The minimum atomic E-state index is -3.62. The molecule has 7 heteroatoms. The van der Waals surface area contributed by atoms with E-state index in [-0.39, 0.29) is 28.7 Å². The maximum absolute atomic E-state index is 13.2. The van der Waals surface area contributed by atoms with Crippen molar-refractivity contribution < 1.29 is 13.2 Å². The molecule has 1 aromatic rings. The molecule has 0 N–H and O–H groups in total. The van der Waals surface area contributed by atoms with Crippen LogP contribution in [0.15, 0.2) is 29.4 Å². The molecule has 1 aliphatic carbocycles. The van der Waals surface area contributed by atoms with E-state index in [2.05, 4.69) is 11.9 Å². The minimum Gasteiger partial charge on any atom is -0.345 e. The number of nitrogens with zero attached hydrogens (tertiary/aromatic N) is 3. The molecule has 3 rings (SSSR count). The van der Waals surface area contributed by atoms with E-state index in [1.54, 1.807) is 18.3 Å². The van der Waals surface area contributed by atoms with Crippen molar-refractivity contribution >= 4 is 15.9 Å². The largest absolute Gasteiger partial charge is 0.345 e. The standard InChI is InChI=1S/C20H31N3O3S/c1-3-4-13-22(2)19(24)18-15-23(16-20(18)10-6-5-7-11-20)27(25,26)17-9-8-12-21-14-17/h8-9,12,14,18H,3-7,10-11,13,15-16H2,1-2H3/t18-/m1/s1. The summed E-state index contributed by atoms with van der Waals surface area (Å²) < 4.78 is 27.8. The van der Waals surface area contributed by atoms with Crippen LogP contribution in [-0.4, -0.2) is 55.2 Å². The Morgan fingerprint density at radius 3 is 2.70 bits per heavy atom. The summed E-state index contributed by atoms with van der Waals surface area (Å²) in [6.07, 6.45) is 10.2. The number of unbranched alkanes of at least 4 members (excludes halogenated alkanes) is 1. The second-order valence-electron chi connectivity index (χ2n) is 8.08. The first-order valence-corrected chi connectivity index (χ1v) is 11.5. The van der Waals surface area contributed by atoms with Crippen LogP contribution in [0.25, 0.3) is 0 Å². The Morgan fingerprint density at radius 2 is 2.07 bits per heavy atom. The minimum absolute atomic E-state index is 0.106. The third-order valence-corrected chi connectivity index (χ3v) is 8.05. The van der Waals surface area contributed by atoms with Crippen LogP contribution in [-0.2, 0) is 14.8 Å². The second-order valence-corrected chi connectivity index (χ2v) is 10.0. The average Bonchev–Trinajstić information content (AvgIpc) is 3.06. The fourth-order valence-corrected chi connectivity index (χ4v) is 6.14. The molecule has 1 atom stereocenters. The molecule has 1 aliphatic heterocycles. The smallest absolute Gasteiger partial charge is 0.244 e. The van der Waals surface area contributed by atoms with Crippen LogP contribution in [0.4, 0.5) is 0 Å². The van der Waals surface area contributed by atoms with Crippen LogP contribution in [0.1, 0.15) is 51.9 Å². The zero-order valence-corrected chi connectivity index (χ0v) is 17.2. The topological polar surface area (TPSA) is 70.6 Å². The van der Waals surface area contributed by atoms with Gasteiger partial charge in [-0.15, -0.1) is 0 Å². The molecule has 6 nitrogen and oxygen atoms in total. The van der Waals surface area contributed by atoms with Gasteiger partial charge in [0.2, 0.25) is 15.9 Å². The highest BCUT2D eigenvalue weighted by Crippen LogP contribution is 2.49. The van der Waals surface area contributed by atoms with E-state index in [1.165, 1.54) is 16.9 Å². The van der Waals surface area contributed by atoms with Crippen molar-refractivity contribution in [2.45, 2.75) is 56.8 Å². The first kappa shape index (κ1) is 20.3. The van der Waals surface area contributed by atoms with Gasteiger partial charge in [-0.25, -0.2) is 8.42 Å². The third-order valence-electron chi connectivity index (χ3n) is 6.26. The maximum Gasteiger partial charge on any atom is 0.244 e. The molecule has 150 valence electrons. The zero-order chi connectivity index (χ0) is 19.5. The Balaban J connectivity index is 1.87. The highest BCUT2D eigenvalue weighted by atomic mass is 32.2. The van der Waals surface area contributed by atoms with Gasteiger partial charge in [0.1, 0.15) is 4.90 Å². The van der Waals surface area contributed by atoms with Crippen molar-refractivity contribution in [1.29, 1.82) is 0 Å². The van der Waals surface area contributed by atoms with Gasteiger partial charge < -0.3 is 4.90 Å². The first-order valence-electron chi connectivity index (χ1n) is 10.1. The molecular formula is C20H31N3O3S. The molecule has 0 aromatic carbocycles. The van der Waals surface area contributed by atoms with Crippen LogP contribution in [0.3, 0.4) is 0 Å².